The number of ether oxygens (including phenoxy) is 2. The monoisotopic (exact) mass is 398 g/mol. The Labute approximate surface area is 153 Å². The summed E-state index contributed by atoms with van der Waals surface area (Å²) >= 11 is 3.45. The Kier molecular flexibility index (Phi) is 4.39. The second-order valence-corrected chi connectivity index (χ2v) is 6.30. The summed E-state index contributed by atoms with van der Waals surface area (Å²) in [7, 11) is 0. The molecule has 25 heavy (non-hydrogen) atoms. The third-order valence-electron chi connectivity index (χ3n) is 3.55. The first-order chi connectivity index (χ1) is 12.3. The van der Waals surface area contributed by atoms with Crippen molar-refractivity contribution < 1.29 is 9.47 Å². The molecule has 0 saturated heterocycles. The Balaban J connectivity index is 1.51. The largest absolute Gasteiger partial charge is 0.486 e. The number of nitrogens with zero attached hydrogens (tertiary/aromatic N) is 2. The number of aromatic nitrogens is 2. The van der Waals surface area contributed by atoms with Gasteiger partial charge in [0.1, 0.15) is 19.0 Å². The smallest absolute Gasteiger partial charge is 0.229 e. The van der Waals surface area contributed by atoms with Gasteiger partial charge in [-0.1, -0.05) is 22.0 Å². The summed E-state index contributed by atoms with van der Waals surface area (Å²) in [5.41, 5.74) is 1.78. The Bertz CT molecular complexity index is 904. The van der Waals surface area contributed by atoms with Gasteiger partial charge in [-0.3, -0.25) is 0 Å². The first-order valence-electron chi connectivity index (χ1n) is 7.79. The van der Waals surface area contributed by atoms with Crippen LogP contribution < -0.4 is 20.1 Å². The number of nitrogens with one attached hydrogen (secondary N) is 2. The molecule has 0 atom stereocenters. The van der Waals surface area contributed by atoms with Gasteiger partial charge in [0.15, 0.2) is 11.5 Å². The molecule has 126 valence electrons. The molecule has 0 aliphatic carbocycles. The molecule has 7 heteroatoms. The average Bonchev–Trinajstić information content (AvgIpc) is 2.62. The van der Waals surface area contributed by atoms with Crippen molar-refractivity contribution in [2.75, 3.05) is 23.8 Å². The molecule has 0 spiro atoms. The molecule has 2 heterocycles. The van der Waals surface area contributed by atoms with Crippen molar-refractivity contribution >= 4 is 39.1 Å². The van der Waals surface area contributed by atoms with Crippen LogP contribution in [0, 0.1) is 0 Å². The van der Waals surface area contributed by atoms with E-state index in [9.17, 15) is 0 Å². The summed E-state index contributed by atoms with van der Waals surface area (Å²) in [5.74, 6) is 2.69. The summed E-state index contributed by atoms with van der Waals surface area (Å²) in [6, 6.07) is 15.4. The quantitative estimate of drug-likeness (QED) is 0.674. The zero-order chi connectivity index (χ0) is 17.1. The molecule has 1 aliphatic rings. The van der Waals surface area contributed by atoms with E-state index < -0.39 is 0 Å². The summed E-state index contributed by atoms with van der Waals surface area (Å²) in [6.07, 6.45) is 1.70. The van der Waals surface area contributed by atoms with Crippen LogP contribution >= 0.6 is 15.9 Å². The first-order valence-corrected chi connectivity index (χ1v) is 8.58. The normalized spacial score (nSPS) is 12.5. The van der Waals surface area contributed by atoms with E-state index in [1.54, 1.807) is 6.20 Å². The highest BCUT2D eigenvalue weighted by atomic mass is 79.9. The minimum atomic E-state index is 0.514. The number of benzene rings is 2. The molecule has 0 bridgehead atoms. The van der Waals surface area contributed by atoms with E-state index in [1.807, 2.05) is 48.5 Å². The van der Waals surface area contributed by atoms with E-state index in [0.29, 0.717) is 25.0 Å². The van der Waals surface area contributed by atoms with Gasteiger partial charge < -0.3 is 20.1 Å². The highest BCUT2D eigenvalue weighted by Gasteiger charge is 2.12. The van der Waals surface area contributed by atoms with E-state index in [4.69, 9.17) is 9.47 Å². The molecule has 1 aliphatic heterocycles. The second-order valence-electron chi connectivity index (χ2n) is 5.38. The minimum Gasteiger partial charge on any atom is -0.486 e. The van der Waals surface area contributed by atoms with E-state index in [-0.39, 0.29) is 0 Å². The third-order valence-corrected chi connectivity index (χ3v) is 4.04. The van der Waals surface area contributed by atoms with Gasteiger partial charge in [0.25, 0.3) is 0 Å². The molecule has 6 nitrogen and oxygen atoms in total. The number of anilines is 4. The fourth-order valence-corrected chi connectivity index (χ4v) is 2.85. The van der Waals surface area contributed by atoms with Crippen molar-refractivity contribution in [3.05, 3.63) is 59.2 Å². The summed E-state index contributed by atoms with van der Waals surface area (Å²) in [6.45, 7) is 1.14. The number of hydrogen-bond acceptors (Lipinski definition) is 6. The first kappa shape index (κ1) is 15.7. The summed E-state index contributed by atoms with van der Waals surface area (Å²) in [4.78, 5) is 8.74. The molecule has 0 saturated carbocycles. The Morgan fingerprint density at radius 2 is 1.72 bits per heavy atom. The van der Waals surface area contributed by atoms with Gasteiger partial charge in [0.2, 0.25) is 5.95 Å². The summed E-state index contributed by atoms with van der Waals surface area (Å²) < 4.78 is 12.1. The number of fused-ring (bicyclic) bond motifs is 1. The molecular weight excluding hydrogens is 384 g/mol. The second kappa shape index (κ2) is 6.98. The lowest BCUT2D eigenvalue weighted by atomic mass is 10.2. The number of hydrogen-bond donors (Lipinski definition) is 2. The highest BCUT2D eigenvalue weighted by molar-refractivity contribution is 9.10. The van der Waals surface area contributed by atoms with Gasteiger partial charge in [-0.2, -0.15) is 4.98 Å². The number of rotatable bonds is 4. The molecule has 0 amide bonds. The van der Waals surface area contributed by atoms with Crippen molar-refractivity contribution in [3.8, 4) is 11.5 Å². The maximum Gasteiger partial charge on any atom is 0.229 e. The number of halogens is 1. The van der Waals surface area contributed by atoms with E-state index in [1.165, 1.54) is 0 Å². The van der Waals surface area contributed by atoms with Crippen LogP contribution in [0.3, 0.4) is 0 Å². The average molecular weight is 399 g/mol. The molecule has 2 N–H and O–H groups in total. The lowest BCUT2D eigenvalue weighted by Gasteiger charge is -2.19. The predicted octanol–water partition coefficient (Wildman–Crippen LogP) is 4.50. The lowest BCUT2D eigenvalue weighted by molar-refractivity contribution is 0.171. The van der Waals surface area contributed by atoms with E-state index in [0.717, 1.165) is 27.3 Å². The third kappa shape index (κ3) is 3.83. The van der Waals surface area contributed by atoms with Crippen molar-refractivity contribution in [1.82, 2.24) is 9.97 Å². The maximum atomic E-state index is 5.60. The van der Waals surface area contributed by atoms with Crippen LogP contribution in [0.25, 0.3) is 0 Å². The van der Waals surface area contributed by atoms with Crippen molar-refractivity contribution in [2.45, 2.75) is 0 Å². The Morgan fingerprint density at radius 3 is 2.60 bits per heavy atom. The lowest BCUT2D eigenvalue weighted by Crippen LogP contribution is -2.15. The van der Waals surface area contributed by atoms with Gasteiger partial charge >= 0.3 is 0 Å². The van der Waals surface area contributed by atoms with Crippen LogP contribution in [0.15, 0.2) is 59.2 Å². The Morgan fingerprint density at radius 1 is 0.880 bits per heavy atom. The van der Waals surface area contributed by atoms with Crippen LogP contribution in [0.4, 0.5) is 23.1 Å². The standard InChI is InChI=1S/C18H15BrN4O2/c19-12-2-1-3-13(10-12)22-18-20-7-6-17(23-18)21-14-4-5-15-16(11-14)25-9-8-24-15/h1-7,10-11H,8-9H2,(H2,20,21,22,23). The van der Waals surface area contributed by atoms with Crippen molar-refractivity contribution in [3.63, 3.8) is 0 Å². The SMILES string of the molecule is Brc1cccc(Nc2nccc(Nc3ccc4c(c3)OCCO4)n2)c1. The van der Waals surface area contributed by atoms with Crippen LogP contribution in [-0.4, -0.2) is 23.2 Å². The molecule has 0 radical (unpaired) electrons. The van der Waals surface area contributed by atoms with E-state index in [2.05, 4.69) is 36.5 Å². The molecule has 4 rings (SSSR count). The summed E-state index contributed by atoms with van der Waals surface area (Å²) in [5, 5.41) is 6.44. The minimum absolute atomic E-state index is 0.514. The molecule has 0 unspecified atom stereocenters. The zero-order valence-electron chi connectivity index (χ0n) is 13.2. The highest BCUT2D eigenvalue weighted by Crippen LogP contribution is 2.33. The molecule has 1 aromatic heterocycles. The van der Waals surface area contributed by atoms with Crippen molar-refractivity contribution in [1.29, 1.82) is 0 Å². The fraction of sp³-hybridized carbons (Fsp3) is 0.111. The van der Waals surface area contributed by atoms with Gasteiger partial charge in [0, 0.05) is 28.1 Å². The van der Waals surface area contributed by atoms with Gasteiger partial charge in [-0.05, 0) is 36.4 Å². The van der Waals surface area contributed by atoms with Crippen LogP contribution in [0.2, 0.25) is 0 Å². The van der Waals surface area contributed by atoms with Gasteiger partial charge in [0.05, 0.1) is 0 Å². The Hall–Kier alpha value is -2.80. The molecular formula is C18H15BrN4O2. The molecule has 3 aromatic rings. The van der Waals surface area contributed by atoms with Crippen LogP contribution in [-0.2, 0) is 0 Å². The predicted molar refractivity (Wildman–Crippen MR) is 100 cm³/mol. The molecule has 0 fully saturated rings. The van der Waals surface area contributed by atoms with E-state index >= 15 is 0 Å². The van der Waals surface area contributed by atoms with Crippen LogP contribution in [0.5, 0.6) is 11.5 Å². The fourth-order valence-electron chi connectivity index (χ4n) is 2.45. The van der Waals surface area contributed by atoms with Gasteiger partial charge in [-0.25, -0.2) is 4.98 Å². The van der Waals surface area contributed by atoms with Crippen LogP contribution in [0.1, 0.15) is 0 Å². The zero-order valence-corrected chi connectivity index (χ0v) is 14.8. The molecule has 2 aromatic carbocycles. The maximum absolute atomic E-state index is 5.60. The van der Waals surface area contributed by atoms with Crippen molar-refractivity contribution in [2.24, 2.45) is 0 Å². The topological polar surface area (TPSA) is 68.3 Å². The van der Waals surface area contributed by atoms with Gasteiger partial charge in [-0.15, -0.1) is 0 Å².